The quantitative estimate of drug-likeness (QED) is 0.614. The molecule has 1 saturated carbocycles. The molecule has 7 heteroatoms. The zero-order valence-corrected chi connectivity index (χ0v) is 9.55. The number of nitrogens with zero attached hydrogens (tertiary/aromatic N) is 1. The van der Waals surface area contributed by atoms with Gasteiger partial charge in [0.1, 0.15) is 6.04 Å². The van der Waals surface area contributed by atoms with Crippen molar-refractivity contribution in [3.05, 3.63) is 0 Å². The Morgan fingerprint density at radius 2 is 1.94 bits per heavy atom. The Balaban J connectivity index is 2.55. The molecule has 2 amide bonds. The third kappa shape index (κ3) is 3.93. The first-order valence-electron chi connectivity index (χ1n) is 5.47. The van der Waals surface area contributed by atoms with Crippen LogP contribution in [0.1, 0.15) is 26.2 Å². The second-order valence-electron chi connectivity index (χ2n) is 3.96. The molecule has 1 atom stereocenters. The van der Waals surface area contributed by atoms with E-state index in [4.69, 9.17) is 10.2 Å². The standard InChI is InChI=1S/C10H16N2O5/c1-2-12(6-3-4-6)10(17)11-7(9(15)16)5-8(13)14/h6-7H,2-5H2,1H3,(H,11,17)(H,13,14)(H,15,16)/t7-/m1/s1. The maximum absolute atomic E-state index is 11.7. The van der Waals surface area contributed by atoms with Gasteiger partial charge in [0.25, 0.3) is 0 Å². The summed E-state index contributed by atoms with van der Waals surface area (Å²) < 4.78 is 0. The molecular weight excluding hydrogens is 228 g/mol. The highest BCUT2D eigenvalue weighted by Gasteiger charge is 2.33. The van der Waals surface area contributed by atoms with Crippen molar-refractivity contribution in [2.75, 3.05) is 6.54 Å². The summed E-state index contributed by atoms with van der Waals surface area (Å²) in [6.45, 7) is 2.28. The lowest BCUT2D eigenvalue weighted by atomic mass is 10.2. The summed E-state index contributed by atoms with van der Waals surface area (Å²) in [7, 11) is 0. The van der Waals surface area contributed by atoms with Crippen molar-refractivity contribution in [3.8, 4) is 0 Å². The van der Waals surface area contributed by atoms with Crippen molar-refractivity contribution >= 4 is 18.0 Å². The zero-order chi connectivity index (χ0) is 13.0. The lowest BCUT2D eigenvalue weighted by molar-refractivity contribution is -0.145. The van der Waals surface area contributed by atoms with Crippen molar-refractivity contribution in [2.24, 2.45) is 0 Å². The summed E-state index contributed by atoms with van der Waals surface area (Å²) >= 11 is 0. The normalized spacial score (nSPS) is 16.1. The van der Waals surface area contributed by atoms with E-state index >= 15 is 0 Å². The van der Waals surface area contributed by atoms with Crippen molar-refractivity contribution < 1.29 is 24.6 Å². The Labute approximate surface area is 98.4 Å². The number of carboxylic acids is 2. The maximum Gasteiger partial charge on any atom is 0.326 e. The van der Waals surface area contributed by atoms with Crippen LogP contribution in [-0.4, -0.2) is 51.7 Å². The molecule has 0 aromatic carbocycles. The van der Waals surface area contributed by atoms with Gasteiger partial charge in [-0.1, -0.05) is 0 Å². The van der Waals surface area contributed by atoms with E-state index in [-0.39, 0.29) is 6.04 Å². The Morgan fingerprint density at radius 1 is 1.35 bits per heavy atom. The largest absolute Gasteiger partial charge is 0.481 e. The fraction of sp³-hybridized carbons (Fsp3) is 0.700. The van der Waals surface area contributed by atoms with E-state index in [9.17, 15) is 14.4 Å². The minimum atomic E-state index is -1.38. The molecule has 0 aromatic heterocycles. The van der Waals surface area contributed by atoms with Crippen molar-refractivity contribution in [1.29, 1.82) is 0 Å². The number of carbonyl (C=O) groups excluding carboxylic acids is 1. The smallest absolute Gasteiger partial charge is 0.326 e. The minimum Gasteiger partial charge on any atom is -0.481 e. The van der Waals surface area contributed by atoms with Gasteiger partial charge in [0.05, 0.1) is 6.42 Å². The predicted octanol–water partition coefficient (Wildman–Crippen LogP) is 0.108. The van der Waals surface area contributed by atoms with E-state index in [1.807, 2.05) is 0 Å². The van der Waals surface area contributed by atoms with Gasteiger partial charge in [-0.25, -0.2) is 9.59 Å². The highest BCUT2D eigenvalue weighted by atomic mass is 16.4. The van der Waals surface area contributed by atoms with Gasteiger partial charge >= 0.3 is 18.0 Å². The van der Waals surface area contributed by atoms with Crippen LogP contribution in [0.2, 0.25) is 0 Å². The Morgan fingerprint density at radius 3 is 2.29 bits per heavy atom. The van der Waals surface area contributed by atoms with Crippen LogP contribution >= 0.6 is 0 Å². The maximum atomic E-state index is 11.7. The van der Waals surface area contributed by atoms with E-state index in [2.05, 4.69) is 5.32 Å². The fourth-order valence-electron chi connectivity index (χ4n) is 1.56. The van der Waals surface area contributed by atoms with Gasteiger partial charge in [0, 0.05) is 12.6 Å². The third-order valence-corrected chi connectivity index (χ3v) is 2.56. The summed E-state index contributed by atoms with van der Waals surface area (Å²) in [6.07, 6.45) is 1.21. The van der Waals surface area contributed by atoms with Crippen LogP contribution in [0.5, 0.6) is 0 Å². The van der Waals surface area contributed by atoms with Gasteiger partial charge < -0.3 is 20.4 Å². The van der Waals surface area contributed by atoms with Crippen LogP contribution in [0.15, 0.2) is 0 Å². The molecule has 0 aliphatic heterocycles. The summed E-state index contributed by atoms with van der Waals surface area (Å²) in [5.41, 5.74) is 0. The van der Waals surface area contributed by atoms with E-state index < -0.39 is 30.4 Å². The third-order valence-electron chi connectivity index (χ3n) is 2.56. The lowest BCUT2D eigenvalue weighted by Gasteiger charge is -2.23. The van der Waals surface area contributed by atoms with Crippen LogP contribution in [0.25, 0.3) is 0 Å². The molecule has 0 saturated heterocycles. The zero-order valence-electron chi connectivity index (χ0n) is 9.55. The molecule has 0 bridgehead atoms. The fourth-order valence-corrected chi connectivity index (χ4v) is 1.56. The molecule has 3 N–H and O–H groups in total. The van der Waals surface area contributed by atoms with Gasteiger partial charge in [-0.3, -0.25) is 4.79 Å². The molecule has 1 aliphatic carbocycles. The van der Waals surface area contributed by atoms with E-state index in [1.54, 1.807) is 6.92 Å². The van der Waals surface area contributed by atoms with Crippen molar-refractivity contribution in [2.45, 2.75) is 38.3 Å². The molecule has 96 valence electrons. The van der Waals surface area contributed by atoms with E-state index in [0.29, 0.717) is 6.54 Å². The summed E-state index contributed by atoms with van der Waals surface area (Å²) in [5.74, 6) is -2.60. The monoisotopic (exact) mass is 244 g/mol. The van der Waals surface area contributed by atoms with Gasteiger partial charge in [0.2, 0.25) is 0 Å². The molecule has 7 nitrogen and oxygen atoms in total. The number of carboxylic acid groups (broad SMARTS) is 2. The van der Waals surface area contributed by atoms with Crippen LogP contribution in [0.3, 0.4) is 0 Å². The average molecular weight is 244 g/mol. The Kier molecular flexibility index (Phi) is 4.30. The van der Waals surface area contributed by atoms with E-state index in [1.165, 1.54) is 4.90 Å². The number of amides is 2. The highest BCUT2D eigenvalue weighted by molar-refractivity contribution is 5.86. The topological polar surface area (TPSA) is 107 Å². The van der Waals surface area contributed by atoms with Crippen LogP contribution in [-0.2, 0) is 9.59 Å². The summed E-state index contributed by atoms with van der Waals surface area (Å²) in [4.78, 5) is 34.5. The number of rotatable bonds is 6. The first kappa shape index (κ1) is 13.3. The first-order valence-corrected chi connectivity index (χ1v) is 5.47. The van der Waals surface area contributed by atoms with Gasteiger partial charge in [-0.15, -0.1) is 0 Å². The first-order chi connectivity index (χ1) is 7.95. The van der Waals surface area contributed by atoms with Crippen LogP contribution < -0.4 is 5.32 Å². The predicted molar refractivity (Wildman–Crippen MR) is 57.6 cm³/mol. The SMILES string of the molecule is CCN(C(=O)N[C@H](CC(=O)O)C(=O)O)C1CC1. The number of hydrogen-bond donors (Lipinski definition) is 3. The molecule has 1 rings (SSSR count). The Bertz CT molecular complexity index is 327. The molecule has 1 aliphatic rings. The number of aliphatic carboxylic acids is 2. The van der Waals surface area contributed by atoms with Crippen molar-refractivity contribution in [3.63, 3.8) is 0 Å². The van der Waals surface area contributed by atoms with Crippen LogP contribution in [0.4, 0.5) is 4.79 Å². The van der Waals surface area contributed by atoms with Gasteiger partial charge in [-0.2, -0.15) is 0 Å². The molecule has 1 fully saturated rings. The number of hydrogen-bond acceptors (Lipinski definition) is 3. The number of carbonyl (C=O) groups is 3. The molecular formula is C10H16N2O5. The van der Waals surface area contributed by atoms with Crippen molar-refractivity contribution in [1.82, 2.24) is 10.2 Å². The molecule has 17 heavy (non-hydrogen) atoms. The molecule has 0 radical (unpaired) electrons. The second-order valence-corrected chi connectivity index (χ2v) is 3.96. The van der Waals surface area contributed by atoms with Gasteiger partial charge in [-0.05, 0) is 19.8 Å². The molecule has 0 aromatic rings. The van der Waals surface area contributed by atoms with Crippen LogP contribution in [0, 0.1) is 0 Å². The van der Waals surface area contributed by atoms with Gasteiger partial charge in [0.15, 0.2) is 0 Å². The second kappa shape index (κ2) is 5.51. The molecule has 0 unspecified atom stereocenters. The lowest BCUT2D eigenvalue weighted by Crippen LogP contribution is -2.49. The number of nitrogens with one attached hydrogen (secondary N) is 1. The number of urea groups is 1. The molecule has 0 heterocycles. The van der Waals surface area contributed by atoms with E-state index in [0.717, 1.165) is 12.8 Å². The highest BCUT2D eigenvalue weighted by Crippen LogP contribution is 2.26. The Hall–Kier alpha value is -1.79. The molecule has 0 spiro atoms. The minimum absolute atomic E-state index is 0.166. The average Bonchev–Trinajstić information content (AvgIpc) is 3.01. The summed E-state index contributed by atoms with van der Waals surface area (Å²) in [6, 6.07) is -1.73. The summed E-state index contributed by atoms with van der Waals surface area (Å²) in [5, 5.41) is 19.5.